The number of nitrogens with one attached hydrogen (secondary N) is 1. The van der Waals surface area contributed by atoms with Gasteiger partial charge in [-0.3, -0.25) is 0 Å². The number of aliphatic hydroxyl groups excluding tert-OH is 1. The smallest absolute Gasteiger partial charge is 0.118 e. The van der Waals surface area contributed by atoms with Crippen LogP contribution in [0.25, 0.3) is 0 Å². The van der Waals surface area contributed by atoms with Gasteiger partial charge in [0, 0.05) is 12.6 Å². The van der Waals surface area contributed by atoms with E-state index in [1.54, 1.807) is 7.11 Å². The molecule has 1 rings (SSSR count). The molecule has 0 saturated carbocycles. The van der Waals surface area contributed by atoms with Crippen molar-refractivity contribution < 1.29 is 9.84 Å². The van der Waals surface area contributed by atoms with Gasteiger partial charge in [-0.05, 0) is 30.5 Å². The first-order chi connectivity index (χ1) is 9.12. The number of benzene rings is 1. The molecule has 1 aromatic carbocycles. The highest BCUT2D eigenvalue weighted by Gasteiger charge is 2.16. The molecule has 0 fully saturated rings. The van der Waals surface area contributed by atoms with Crippen molar-refractivity contribution in [2.45, 2.75) is 45.8 Å². The van der Waals surface area contributed by atoms with E-state index in [0.717, 1.165) is 18.6 Å². The van der Waals surface area contributed by atoms with Crippen molar-refractivity contribution in [1.82, 2.24) is 5.32 Å². The Labute approximate surface area is 117 Å². The topological polar surface area (TPSA) is 41.5 Å². The Hall–Kier alpha value is -1.06. The molecule has 0 radical (unpaired) electrons. The number of rotatable bonds is 8. The average Bonchev–Trinajstić information content (AvgIpc) is 2.46. The molecule has 0 aromatic heterocycles. The molecule has 3 nitrogen and oxygen atoms in total. The van der Waals surface area contributed by atoms with Crippen molar-refractivity contribution in [2.75, 3.05) is 13.7 Å². The van der Waals surface area contributed by atoms with Gasteiger partial charge < -0.3 is 15.2 Å². The van der Waals surface area contributed by atoms with Crippen molar-refractivity contribution in [1.29, 1.82) is 0 Å². The Morgan fingerprint density at radius 2 is 1.74 bits per heavy atom. The highest BCUT2D eigenvalue weighted by molar-refractivity contribution is 5.28. The first-order valence-electron chi connectivity index (χ1n) is 7.17. The molecule has 0 aliphatic rings. The van der Waals surface area contributed by atoms with Gasteiger partial charge in [-0.1, -0.05) is 38.8 Å². The summed E-state index contributed by atoms with van der Waals surface area (Å²) in [4.78, 5) is 0. The molecule has 0 saturated heterocycles. The fourth-order valence-corrected chi connectivity index (χ4v) is 2.31. The molecule has 3 heteroatoms. The third-order valence-electron chi connectivity index (χ3n) is 3.84. The minimum Gasteiger partial charge on any atom is -0.497 e. The summed E-state index contributed by atoms with van der Waals surface area (Å²) in [6.07, 6.45) is 1.78. The highest BCUT2D eigenvalue weighted by Crippen LogP contribution is 2.18. The Morgan fingerprint density at radius 3 is 2.21 bits per heavy atom. The van der Waals surface area contributed by atoms with Crippen LogP contribution in [-0.2, 0) is 0 Å². The molecule has 0 aliphatic heterocycles. The van der Waals surface area contributed by atoms with Crippen LogP contribution < -0.4 is 10.1 Å². The largest absolute Gasteiger partial charge is 0.497 e. The van der Waals surface area contributed by atoms with E-state index in [2.05, 4.69) is 38.2 Å². The molecular formula is C16H27NO2. The lowest BCUT2D eigenvalue weighted by Gasteiger charge is -2.23. The van der Waals surface area contributed by atoms with E-state index in [0.29, 0.717) is 12.5 Å². The van der Waals surface area contributed by atoms with Gasteiger partial charge in [0.1, 0.15) is 5.75 Å². The minimum atomic E-state index is -0.268. The first kappa shape index (κ1) is 16.0. The van der Waals surface area contributed by atoms with E-state index in [9.17, 15) is 5.11 Å². The van der Waals surface area contributed by atoms with Crippen molar-refractivity contribution in [3.8, 4) is 5.75 Å². The SMILES string of the molecule is CCC(CC)C(O)CNC(C)c1ccc(OC)cc1. The van der Waals surface area contributed by atoms with Crippen LogP contribution in [0.2, 0.25) is 0 Å². The normalized spacial score (nSPS) is 14.4. The number of hydrogen-bond donors (Lipinski definition) is 2. The molecule has 0 heterocycles. The van der Waals surface area contributed by atoms with Gasteiger partial charge in [0.2, 0.25) is 0 Å². The van der Waals surface area contributed by atoms with Gasteiger partial charge in [-0.25, -0.2) is 0 Å². The molecule has 1 aromatic rings. The zero-order valence-corrected chi connectivity index (χ0v) is 12.5. The quantitative estimate of drug-likeness (QED) is 0.758. The summed E-state index contributed by atoms with van der Waals surface area (Å²) < 4.78 is 5.15. The zero-order chi connectivity index (χ0) is 14.3. The predicted molar refractivity (Wildman–Crippen MR) is 79.5 cm³/mol. The van der Waals surface area contributed by atoms with E-state index in [-0.39, 0.29) is 12.1 Å². The van der Waals surface area contributed by atoms with Gasteiger partial charge in [-0.2, -0.15) is 0 Å². The molecule has 19 heavy (non-hydrogen) atoms. The third kappa shape index (κ3) is 4.84. The maximum Gasteiger partial charge on any atom is 0.118 e. The van der Waals surface area contributed by atoms with Crippen LogP contribution in [0, 0.1) is 5.92 Å². The fourth-order valence-electron chi connectivity index (χ4n) is 2.31. The van der Waals surface area contributed by atoms with Gasteiger partial charge in [-0.15, -0.1) is 0 Å². The summed E-state index contributed by atoms with van der Waals surface area (Å²) in [6, 6.07) is 8.27. The molecule has 0 aliphatic carbocycles. The second-order valence-electron chi connectivity index (χ2n) is 5.05. The Balaban J connectivity index is 2.47. The van der Waals surface area contributed by atoms with E-state index in [1.807, 2.05) is 12.1 Å². The highest BCUT2D eigenvalue weighted by atomic mass is 16.5. The van der Waals surface area contributed by atoms with Crippen molar-refractivity contribution in [3.05, 3.63) is 29.8 Å². The van der Waals surface area contributed by atoms with Crippen molar-refractivity contribution in [3.63, 3.8) is 0 Å². The fraction of sp³-hybridized carbons (Fsp3) is 0.625. The summed E-state index contributed by atoms with van der Waals surface area (Å²) in [6.45, 7) is 7.01. The predicted octanol–water partition coefficient (Wildman–Crippen LogP) is 3.14. The summed E-state index contributed by atoms with van der Waals surface area (Å²) >= 11 is 0. The lowest BCUT2D eigenvalue weighted by atomic mass is 9.96. The Bertz CT molecular complexity index is 346. The van der Waals surface area contributed by atoms with Crippen molar-refractivity contribution >= 4 is 0 Å². The summed E-state index contributed by atoms with van der Waals surface area (Å²) in [5.41, 5.74) is 1.21. The van der Waals surface area contributed by atoms with Crippen LogP contribution in [0.3, 0.4) is 0 Å². The lowest BCUT2D eigenvalue weighted by Crippen LogP contribution is -2.33. The summed E-state index contributed by atoms with van der Waals surface area (Å²) in [7, 11) is 1.67. The second-order valence-corrected chi connectivity index (χ2v) is 5.05. The average molecular weight is 265 g/mol. The van der Waals surface area contributed by atoms with Crippen LogP contribution in [0.4, 0.5) is 0 Å². The van der Waals surface area contributed by atoms with Crippen LogP contribution >= 0.6 is 0 Å². The van der Waals surface area contributed by atoms with Crippen LogP contribution in [0.1, 0.15) is 45.2 Å². The molecular weight excluding hydrogens is 238 g/mol. The number of ether oxygens (including phenoxy) is 1. The van der Waals surface area contributed by atoms with Gasteiger partial charge in [0.05, 0.1) is 13.2 Å². The molecule has 0 bridgehead atoms. The standard InChI is InChI=1S/C16H27NO2/c1-5-13(6-2)16(18)11-17-12(3)14-7-9-15(19-4)10-8-14/h7-10,12-13,16-18H,5-6,11H2,1-4H3. The zero-order valence-electron chi connectivity index (χ0n) is 12.5. The van der Waals surface area contributed by atoms with E-state index in [4.69, 9.17) is 4.74 Å². The third-order valence-corrected chi connectivity index (χ3v) is 3.84. The van der Waals surface area contributed by atoms with Gasteiger partial charge >= 0.3 is 0 Å². The summed E-state index contributed by atoms with van der Waals surface area (Å²) in [5.74, 6) is 1.25. The van der Waals surface area contributed by atoms with Crippen LogP contribution in [0.15, 0.2) is 24.3 Å². The van der Waals surface area contributed by atoms with Gasteiger partial charge in [0.15, 0.2) is 0 Å². The van der Waals surface area contributed by atoms with Crippen LogP contribution in [-0.4, -0.2) is 24.9 Å². The first-order valence-corrected chi connectivity index (χ1v) is 7.17. The molecule has 2 atom stereocenters. The Kier molecular flexibility index (Phi) is 6.89. The lowest BCUT2D eigenvalue weighted by molar-refractivity contribution is 0.0989. The van der Waals surface area contributed by atoms with Crippen LogP contribution in [0.5, 0.6) is 5.75 Å². The molecule has 2 unspecified atom stereocenters. The number of hydrogen-bond acceptors (Lipinski definition) is 3. The number of aliphatic hydroxyl groups is 1. The van der Waals surface area contributed by atoms with Crippen molar-refractivity contribution in [2.24, 2.45) is 5.92 Å². The minimum absolute atomic E-state index is 0.231. The second kappa shape index (κ2) is 8.18. The summed E-state index contributed by atoms with van der Waals surface area (Å²) in [5, 5.41) is 13.5. The van der Waals surface area contributed by atoms with E-state index < -0.39 is 0 Å². The maximum atomic E-state index is 10.1. The maximum absolute atomic E-state index is 10.1. The molecule has 0 spiro atoms. The van der Waals surface area contributed by atoms with E-state index >= 15 is 0 Å². The molecule has 2 N–H and O–H groups in total. The Morgan fingerprint density at radius 1 is 1.16 bits per heavy atom. The molecule has 0 amide bonds. The molecule has 108 valence electrons. The monoisotopic (exact) mass is 265 g/mol. The number of methoxy groups -OCH3 is 1. The van der Waals surface area contributed by atoms with Gasteiger partial charge in [0.25, 0.3) is 0 Å². The van der Waals surface area contributed by atoms with E-state index in [1.165, 1.54) is 5.56 Å².